The van der Waals surface area contributed by atoms with Gasteiger partial charge < -0.3 is 23.9 Å². The van der Waals surface area contributed by atoms with Crippen LogP contribution in [0.2, 0.25) is 0 Å². The zero-order valence-corrected chi connectivity index (χ0v) is 13.8. The van der Waals surface area contributed by atoms with Crippen molar-refractivity contribution < 1.29 is 28.6 Å². The summed E-state index contributed by atoms with van der Waals surface area (Å²) in [5.74, 6) is 0.0830. The number of aliphatic carboxylic acids is 1. The van der Waals surface area contributed by atoms with Crippen LogP contribution in [-0.2, 0) is 16.1 Å². The largest absolute Gasteiger partial charge is 0.489 e. The van der Waals surface area contributed by atoms with Gasteiger partial charge in [0.15, 0.2) is 11.9 Å². The fraction of sp³-hybridized carbons (Fsp3) is 0.333. The average Bonchev–Trinajstić information content (AvgIpc) is 3.01. The molecule has 1 aromatic heterocycles. The number of rotatable bonds is 5. The number of carbonyl (C=O) groups is 2. The Bertz CT molecular complexity index is 754. The van der Waals surface area contributed by atoms with Gasteiger partial charge in [-0.25, -0.2) is 4.79 Å². The van der Waals surface area contributed by atoms with E-state index in [0.29, 0.717) is 12.3 Å². The smallest absolute Gasteiger partial charge is 0.334 e. The van der Waals surface area contributed by atoms with Crippen molar-refractivity contribution in [3.8, 4) is 5.75 Å². The Morgan fingerprint density at radius 1 is 1.32 bits per heavy atom. The predicted octanol–water partition coefficient (Wildman–Crippen LogP) is 2.09. The monoisotopic (exact) mass is 345 g/mol. The lowest BCUT2D eigenvalue weighted by atomic mass is 10.2. The van der Waals surface area contributed by atoms with Crippen LogP contribution in [0.4, 0.5) is 0 Å². The first-order valence-corrected chi connectivity index (χ1v) is 7.95. The molecule has 1 aromatic carbocycles. The summed E-state index contributed by atoms with van der Waals surface area (Å²) in [6.45, 7) is 2.57. The van der Waals surface area contributed by atoms with Crippen molar-refractivity contribution in [2.45, 2.75) is 19.6 Å². The van der Waals surface area contributed by atoms with Crippen molar-refractivity contribution in [3.05, 3.63) is 53.5 Å². The highest BCUT2D eigenvalue weighted by Gasteiger charge is 2.31. The molecule has 0 aliphatic carbocycles. The van der Waals surface area contributed by atoms with Crippen LogP contribution in [0.25, 0.3) is 0 Å². The summed E-state index contributed by atoms with van der Waals surface area (Å²) >= 11 is 0. The lowest BCUT2D eigenvalue weighted by molar-refractivity contribution is -0.154. The van der Waals surface area contributed by atoms with Crippen molar-refractivity contribution in [2.75, 3.05) is 19.7 Å². The fourth-order valence-corrected chi connectivity index (χ4v) is 2.59. The standard InChI is InChI=1S/C18H19NO6/c1-12-13(11-24-14-5-3-2-4-6-14)9-15(25-12)17(20)19-7-8-23-16(10-19)18(21)22/h2-6,9,16H,7-8,10-11H2,1H3,(H,21,22)/t16-/m0/s1. The third kappa shape index (κ3) is 4.00. The van der Waals surface area contributed by atoms with Crippen LogP contribution >= 0.6 is 0 Å². The zero-order valence-electron chi connectivity index (χ0n) is 13.8. The summed E-state index contributed by atoms with van der Waals surface area (Å²) in [6.07, 6.45) is -1.00. The molecule has 1 atom stereocenters. The molecule has 1 aliphatic rings. The van der Waals surface area contributed by atoms with Gasteiger partial charge in [0.05, 0.1) is 13.2 Å². The molecule has 2 heterocycles. The minimum absolute atomic E-state index is 0.00373. The normalized spacial score (nSPS) is 17.3. The van der Waals surface area contributed by atoms with Crippen LogP contribution in [0.1, 0.15) is 21.9 Å². The van der Waals surface area contributed by atoms with Crippen LogP contribution in [0.3, 0.4) is 0 Å². The van der Waals surface area contributed by atoms with E-state index in [1.165, 1.54) is 4.90 Å². The summed E-state index contributed by atoms with van der Waals surface area (Å²) < 4.78 is 16.4. The van der Waals surface area contributed by atoms with E-state index in [1.54, 1.807) is 13.0 Å². The number of carboxylic acids is 1. The van der Waals surface area contributed by atoms with Crippen LogP contribution in [-0.4, -0.2) is 47.7 Å². The molecule has 0 bridgehead atoms. The van der Waals surface area contributed by atoms with Gasteiger partial charge in [0, 0.05) is 12.1 Å². The van der Waals surface area contributed by atoms with Gasteiger partial charge in [-0.2, -0.15) is 0 Å². The number of ether oxygens (including phenoxy) is 2. The second-order valence-electron chi connectivity index (χ2n) is 5.74. The number of carbonyl (C=O) groups excluding carboxylic acids is 1. The summed E-state index contributed by atoms with van der Waals surface area (Å²) in [6, 6.07) is 11.0. The minimum Gasteiger partial charge on any atom is -0.489 e. The number of furan rings is 1. The SMILES string of the molecule is Cc1oc(C(=O)N2CCO[C@H](C(=O)O)C2)cc1COc1ccccc1. The molecular formula is C18H19NO6. The van der Waals surface area contributed by atoms with E-state index in [-0.39, 0.29) is 31.4 Å². The second kappa shape index (κ2) is 7.40. The van der Waals surface area contributed by atoms with Crippen molar-refractivity contribution in [1.29, 1.82) is 0 Å². The summed E-state index contributed by atoms with van der Waals surface area (Å²) in [7, 11) is 0. The molecule has 0 radical (unpaired) electrons. The number of hydrogen-bond donors (Lipinski definition) is 1. The number of carboxylic acid groups (broad SMARTS) is 1. The molecule has 25 heavy (non-hydrogen) atoms. The molecule has 1 fully saturated rings. The number of benzene rings is 1. The minimum atomic E-state index is -1.08. The second-order valence-corrected chi connectivity index (χ2v) is 5.74. The highest BCUT2D eigenvalue weighted by atomic mass is 16.5. The molecule has 1 amide bonds. The Hall–Kier alpha value is -2.80. The van der Waals surface area contributed by atoms with Gasteiger partial charge in [-0.05, 0) is 25.1 Å². The highest BCUT2D eigenvalue weighted by molar-refractivity contribution is 5.92. The quantitative estimate of drug-likeness (QED) is 0.892. The van der Waals surface area contributed by atoms with Crippen molar-refractivity contribution in [1.82, 2.24) is 4.90 Å². The van der Waals surface area contributed by atoms with E-state index in [9.17, 15) is 9.59 Å². The Balaban J connectivity index is 1.66. The summed E-state index contributed by atoms with van der Waals surface area (Å²) in [4.78, 5) is 25.0. The van der Waals surface area contributed by atoms with Crippen molar-refractivity contribution in [3.63, 3.8) is 0 Å². The van der Waals surface area contributed by atoms with Crippen LogP contribution in [0.5, 0.6) is 5.75 Å². The van der Waals surface area contributed by atoms with Gasteiger partial charge >= 0.3 is 5.97 Å². The maximum Gasteiger partial charge on any atom is 0.334 e. The number of nitrogens with zero attached hydrogens (tertiary/aromatic N) is 1. The first-order chi connectivity index (χ1) is 12.0. The third-order valence-electron chi connectivity index (χ3n) is 4.00. The first kappa shape index (κ1) is 17.0. The van der Waals surface area contributed by atoms with Crippen LogP contribution in [0, 0.1) is 6.92 Å². The van der Waals surface area contributed by atoms with Gasteiger partial charge in [-0.3, -0.25) is 4.79 Å². The molecule has 132 valence electrons. The molecular weight excluding hydrogens is 326 g/mol. The van der Waals surface area contributed by atoms with Gasteiger partial charge in [0.2, 0.25) is 0 Å². The molecule has 1 N–H and O–H groups in total. The molecule has 1 saturated heterocycles. The van der Waals surface area contributed by atoms with Gasteiger partial charge in [0.25, 0.3) is 5.91 Å². The van der Waals surface area contributed by atoms with Crippen LogP contribution in [0.15, 0.2) is 40.8 Å². The maximum atomic E-state index is 12.6. The molecule has 7 nitrogen and oxygen atoms in total. The number of hydrogen-bond acceptors (Lipinski definition) is 5. The lowest BCUT2D eigenvalue weighted by Gasteiger charge is -2.30. The summed E-state index contributed by atoms with van der Waals surface area (Å²) in [5.41, 5.74) is 0.773. The van der Waals surface area contributed by atoms with Gasteiger partial charge in [-0.15, -0.1) is 0 Å². The fourth-order valence-electron chi connectivity index (χ4n) is 2.59. The average molecular weight is 345 g/mol. The number of para-hydroxylation sites is 1. The molecule has 0 saturated carbocycles. The van der Waals surface area contributed by atoms with E-state index in [4.69, 9.17) is 19.0 Å². The lowest BCUT2D eigenvalue weighted by Crippen LogP contribution is -2.48. The third-order valence-corrected chi connectivity index (χ3v) is 4.00. The van der Waals surface area contributed by atoms with Crippen molar-refractivity contribution in [2.24, 2.45) is 0 Å². The predicted molar refractivity (Wildman–Crippen MR) is 87.5 cm³/mol. The first-order valence-electron chi connectivity index (χ1n) is 7.95. The Morgan fingerprint density at radius 2 is 2.08 bits per heavy atom. The van der Waals surface area contributed by atoms with E-state index in [2.05, 4.69) is 0 Å². The molecule has 7 heteroatoms. The Kier molecular flexibility index (Phi) is 5.04. The maximum absolute atomic E-state index is 12.6. The Morgan fingerprint density at radius 3 is 2.80 bits per heavy atom. The van der Waals surface area contributed by atoms with Gasteiger partial charge in [0.1, 0.15) is 18.1 Å². The number of amides is 1. The van der Waals surface area contributed by atoms with Crippen molar-refractivity contribution >= 4 is 11.9 Å². The molecule has 2 aromatic rings. The topological polar surface area (TPSA) is 89.2 Å². The summed E-state index contributed by atoms with van der Waals surface area (Å²) in [5, 5.41) is 9.03. The van der Waals surface area contributed by atoms with Gasteiger partial charge in [-0.1, -0.05) is 18.2 Å². The number of aryl methyl sites for hydroxylation is 1. The van der Waals surface area contributed by atoms with E-state index in [1.807, 2.05) is 30.3 Å². The van der Waals surface area contributed by atoms with Crippen LogP contribution < -0.4 is 4.74 Å². The molecule has 3 rings (SSSR count). The van der Waals surface area contributed by atoms with E-state index >= 15 is 0 Å². The molecule has 0 unspecified atom stereocenters. The zero-order chi connectivity index (χ0) is 17.8. The molecule has 0 spiro atoms. The molecule has 1 aliphatic heterocycles. The Labute approximate surface area is 144 Å². The number of morpholine rings is 1. The highest BCUT2D eigenvalue weighted by Crippen LogP contribution is 2.20. The van der Waals surface area contributed by atoms with E-state index < -0.39 is 12.1 Å². The van der Waals surface area contributed by atoms with E-state index in [0.717, 1.165) is 11.3 Å².